The molecule has 1 aromatic carbocycles. The minimum Gasteiger partial charge on any atom is -0.273 e. The van der Waals surface area contributed by atoms with Gasteiger partial charge in [0.15, 0.2) is 0 Å². The number of nitrogens with zero attached hydrogens (tertiary/aromatic N) is 1. The van der Waals surface area contributed by atoms with E-state index >= 15 is 0 Å². The topological polar surface area (TPSA) is 63.7 Å². The quantitative estimate of drug-likeness (QED) is 0.861. The summed E-state index contributed by atoms with van der Waals surface area (Å²) in [6.45, 7) is 7.68. The Hall–Kier alpha value is -1.40. The van der Waals surface area contributed by atoms with Gasteiger partial charge in [-0.2, -0.15) is 8.42 Å². The maximum absolute atomic E-state index is 12.3. The van der Waals surface area contributed by atoms with Crippen LogP contribution in [-0.4, -0.2) is 25.4 Å². The van der Waals surface area contributed by atoms with Gasteiger partial charge < -0.3 is 0 Å². The summed E-state index contributed by atoms with van der Waals surface area (Å²) in [7, 11) is -3.99. The highest BCUT2D eigenvalue weighted by Crippen LogP contribution is 2.36. The van der Waals surface area contributed by atoms with Crippen molar-refractivity contribution in [3.63, 3.8) is 0 Å². The lowest BCUT2D eigenvalue weighted by Crippen LogP contribution is -2.51. The summed E-state index contributed by atoms with van der Waals surface area (Å²) in [5, 5.41) is 1.01. The second kappa shape index (κ2) is 5.42. The molecule has 1 heterocycles. The molecule has 0 aromatic heterocycles. The zero-order chi connectivity index (χ0) is 15.8. The molecule has 1 aliphatic heterocycles. The summed E-state index contributed by atoms with van der Waals surface area (Å²) in [6.07, 6.45) is 1.01. The first-order valence-corrected chi connectivity index (χ1v) is 8.38. The van der Waals surface area contributed by atoms with Crippen LogP contribution >= 0.6 is 0 Å². The number of amides is 1. The normalized spacial score (nSPS) is 22.4. The van der Waals surface area contributed by atoms with Crippen molar-refractivity contribution < 1.29 is 17.5 Å². The Balaban J connectivity index is 2.26. The highest BCUT2D eigenvalue weighted by molar-refractivity contribution is 7.86. The number of hydrogen-bond donors (Lipinski definition) is 0. The van der Waals surface area contributed by atoms with E-state index in [0.29, 0.717) is 6.42 Å². The molecule has 0 radical (unpaired) electrons. The van der Waals surface area contributed by atoms with Gasteiger partial charge in [-0.25, -0.2) is 5.06 Å². The van der Waals surface area contributed by atoms with E-state index in [1.807, 2.05) is 27.7 Å². The predicted molar refractivity (Wildman–Crippen MR) is 78.8 cm³/mol. The van der Waals surface area contributed by atoms with Gasteiger partial charge in [0.25, 0.3) is 0 Å². The van der Waals surface area contributed by atoms with Gasteiger partial charge in [0, 0.05) is 6.42 Å². The fourth-order valence-corrected chi connectivity index (χ4v) is 3.22. The maximum atomic E-state index is 12.3. The van der Waals surface area contributed by atoms with E-state index in [0.717, 1.165) is 17.0 Å². The van der Waals surface area contributed by atoms with E-state index in [1.54, 1.807) is 12.1 Å². The van der Waals surface area contributed by atoms with Crippen LogP contribution in [0.3, 0.4) is 0 Å². The first-order chi connectivity index (χ1) is 9.63. The van der Waals surface area contributed by atoms with Crippen LogP contribution in [-0.2, 0) is 19.2 Å². The van der Waals surface area contributed by atoms with Gasteiger partial charge in [-0.05, 0) is 37.8 Å². The molecule has 1 amide bonds. The summed E-state index contributed by atoms with van der Waals surface area (Å²) >= 11 is 0. The monoisotopic (exact) mass is 311 g/mol. The predicted octanol–water partition coefficient (Wildman–Crippen LogP) is 2.65. The number of hydroxylamine groups is 2. The van der Waals surface area contributed by atoms with Gasteiger partial charge >= 0.3 is 10.1 Å². The van der Waals surface area contributed by atoms with Gasteiger partial charge in [0.05, 0.1) is 10.9 Å². The number of hydrogen-bond acceptors (Lipinski definition) is 4. The van der Waals surface area contributed by atoms with E-state index < -0.39 is 10.1 Å². The first kappa shape index (κ1) is 16.0. The van der Waals surface area contributed by atoms with Crippen LogP contribution in [0.2, 0.25) is 0 Å². The van der Waals surface area contributed by atoms with Crippen molar-refractivity contribution >= 4 is 16.0 Å². The van der Waals surface area contributed by atoms with Crippen LogP contribution in [0.25, 0.3) is 0 Å². The molecule has 1 atom stereocenters. The van der Waals surface area contributed by atoms with Crippen molar-refractivity contribution in [2.24, 2.45) is 5.41 Å². The lowest BCUT2D eigenvalue weighted by atomic mass is 9.78. The van der Waals surface area contributed by atoms with Gasteiger partial charge in [-0.15, -0.1) is 4.28 Å². The highest BCUT2D eigenvalue weighted by Gasteiger charge is 2.41. The Morgan fingerprint density at radius 3 is 2.38 bits per heavy atom. The highest BCUT2D eigenvalue weighted by atomic mass is 32.2. The average molecular weight is 311 g/mol. The van der Waals surface area contributed by atoms with Gasteiger partial charge in [0.1, 0.15) is 0 Å². The second-order valence-corrected chi connectivity index (χ2v) is 7.75. The molecule has 1 aromatic rings. The summed E-state index contributed by atoms with van der Waals surface area (Å²) < 4.78 is 29.7. The minimum atomic E-state index is -3.99. The van der Waals surface area contributed by atoms with Crippen LogP contribution in [0.15, 0.2) is 29.2 Å². The third-order valence-corrected chi connectivity index (χ3v) is 5.41. The molecular formula is C15H21NO4S. The van der Waals surface area contributed by atoms with Crippen molar-refractivity contribution in [3.8, 4) is 0 Å². The summed E-state index contributed by atoms with van der Waals surface area (Å²) in [5.41, 5.74) is 0.772. The van der Waals surface area contributed by atoms with Gasteiger partial charge in [-0.3, -0.25) is 4.79 Å². The first-order valence-electron chi connectivity index (χ1n) is 6.97. The van der Waals surface area contributed by atoms with Crippen LogP contribution in [0.4, 0.5) is 0 Å². The Morgan fingerprint density at radius 1 is 1.24 bits per heavy atom. The zero-order valence-electron chi connectivity index (χ0n) is 12.8. The molecule has 116 valence electrons. The van der Waals surface area contributed by atoms with E-state index in [4.69, 9.17) is 4.28 Å². The number of rotatable bonds is 3. The molecule has 0 saturated carbocycles. The van der Waals surface area contributed by atoms with Crippen molar-refractivity contribution in [1.82, 2.24) is 5.06 Å². The third-order valence-electron chi connectivity index (χ3n) is 4.20. The number of carbonyl (C=O) groups excluding carboxylic acids is 1. The molecular weight excluding hydrogens is 290 g/mol. The number of carbonyl (C=O) groups is 1. The second-order valence-electron chi connectivity index (χ2n) is 6.23. The maximum Gasteiger partial charge on any atom is 0.317 e. The van der Waals surface area contributed by atoms with Crippen LogP contribution in [0.1, 0.15) is 39.2 Å². The number of aryl methyl sites for hydroxylation is 1. The Labute approximate surface area is 126 Å². The summed E-state index contributed by atoms with van der Waals surface area (Å²) in [5.74, 6) is -0.294. The molecule has 1 unspecified atom stereocenters. The third kappa shape index (κ3) is 3.27. The molecule has 1 aliphatic rings. The van der Waals surface area contributed by atoms with E-state index in [-0.39, 0.29) is 22.3 Å². The van der Waals surface area contributed by atoms with Crippen molar-refractivity contribution in [2.45, 2.75) is 51.5 Å². The molecule has 1 saturated heterocycles. The molecule has 0 N–H and O–H groups in total. The Bertz CT molecular complexity index is 634. The number of piperidine rings is 1. The average Bonchev–Trinajstić information content (AvgIpc) is 2.40. The Kier molecular flexibility index (Phi) is 4.13. The van der Waals surface area contributed by atoms with E-state index in [9.17, 15) is 13.2 Å². The lowest BCUT2D eigenvalue weighted by Gasteiger charge is -2.42. The van der Waals surface area contributed by atoms with E-state index in [1.165, 1.54) is 12.1 Å². The smallest absolute Gasteiger partial charge is 0.273 e. The molecule has 21 heavy (non-hydrogen) atoms. The molecule has 2 rings (SSSR count). The van der Waals surface area contributed by atoms with E-state index in [2.05, 4.69) is 0 Å². The minimum absolute atomic E-state index is 0.0523. The summed E-state index contributed by atoms with van der Waals surface area (Å²) in [6, 6.07) is 6.05. The van der Waals surface area contributed by atoms with Crippen molar-refractivity contribution in [3.05, 3.63) is 29.8 Å². The van der Waals surface area contributed by atoms with Crippen LogP contribution in [0, 0.1) is 12.3 Å². The van der Waals surface area contributed by atoms with Crippen LogP contribution in [0.5, 0.6) is 0 Å². The standard InChI is InChI=1S/C15H21NO4S/c1-11-5-7-13(8-6-11)21(18,19)20-16-12(2)15(3,4)10-9-14(16)17/h5-8,12H,9-10H2,1-4H3. The molecule has 0 aliphatic carbocycles. The number of benzene rings is 1. The van der Waals surface area contributed by atoms with Crippen molar-refractivity contribution in [2.75, 3.05) is 0 Å². The fraction of sp³-hybridized carbons (Fsp3) is 0.533. The largest absolute Gasteiger partial charge is 0.317 e. The van der Waals surface area contributed by atoms with Crippen molar-refractivity contribution in [1.29, 1.82) is 0 Å². The molecule has 6 heteroatoms. The molecule has 1 fully saturated rings. The van der Waals surface area contributed by atoms with Crippen LogP contribution < -0.4 is 0 Å². The lowest BCUT2D eigenvalue weighted by molar-refractivity contribution is -0.181. The molecule has 0 bridgehead atoms. The SMILES string of the molecule is Cc1ccc(S(=O)(=O)ON2C(=O)CCC(C)(C)C2C)cc1. The Morgan fingerprint density at radius 2 is 1.81 bits per heavy atom. The summed E-state index contributed by atoms with van der Waals surface area (Å²) in [4.78, 5) is 12.0. The molecule has 0 spiro atoms. The zero-order valence-corrected chi connectivity index (χ0v) is 13.6. The fourth-order valence-electron chi connectivity index (χ4n) is 2.24. The van der Waals surface area contributed by atoms with Gasteiger partial charge in [0.2, 0.25) is 5.91 Å². The van der Waals surface area contributed by atoms with Gasteiger partial charge in [-0.1, -0.05) is 31.5 Å². The molecule has 5 nitrogen and oxygen atoms in total.